The fourth-order valence-corrected chi connectivity index (χ4v) is 4.24. The highest BCUT2D eigenvalue weighted by Crippen LogP contribution is 2.52. The third-order valence-electron chi connectivity index (χ3n) is 3.31. The largest absolute Gasteiger partial charge is 0.396 e. The van der Waals surface area contributed by atoms with Gasteiger partial charge in [-0.25, -0.2) is 8.42 Å². The summed E-state index contributed by atoms with van der Waals surface area (Å²) in [5, 5.41) is 8.82. The van der Waals surface area contributed by atoms with Gasteiger partial charge in [0, 0.05) is 24.2 Å². The van der Waals surface area contributed by atoms with Gasteiger partial charge >= 0.3 is 0 Å². The Balaban J connectivity index is 2.26. The zero-order valence-electron chi connectivity index (χ0n) is 9.20. The second kappa shape index (κ2) is 4.18. The predicted molar refractivity (Wildman–Crippen MR) is 63.0 cm³/mol. The van der Waals surface area contributed by atoms with E-state index in [9.17, 15) is 13.5 Å². The van der Waals surface area contributed by atoms with Crippen LogP contribution < -0.4 is 0 Å². The van der Waals surface area contributed by atoms with E-state index in [4.69, 9.17) is 0 Å². The zero-order chi connectivity index (χ0) is 11.8. The van der Waals surface area contributed by atoms with Crippen molar-refractivity contribution in [3.05, 3.63) is 35.9 Å². The van der Waals surface area contributed by atoms with Crippen LogP contribution in [0.15, 0.2) is 30.3 Å². The average molecular weight is 240 g/mol. The molecule has 1 N–H and O–H groups in total. The fraction of sp³-hybridized carbons (Fsp3) is 0.500. The summed E-state index contributed by atoms with van der Waals surface area (Å²) in [5.41, 5.74) is 1.02. The maximum Gasteiger partial charge on any atom is 0.153 e. The van der Waals surface area contributed by atoms with Crippen molar-refractivity contribution in [3.8, 4) is 0 Å². The Morgan fingerprint density at radius 1 is 1.25 bits per heavy atom. The summed E-state index contributed by atoms with van der Waals surface area (Å²) in [6.07, 6.45) is 0. The van der Waals surface area contributed by atoms with Crippen molar-refractivity contribution < 1.29 is 13.5 Å². The van der Waals surface area contributed by atoms with Crippen LogP contribution in [-0.2, 0) is 9.84 Å². The van der Waals surface area contributed by atoms with Gasteiger partial charge < -0.3 is 5.11 Å². The SMILES string of the molecule is CCS(=O)(=O)[C@@H]1[C@H](CO)[C@H]1c1ccccc1. The molecule has 1 fully saturated rings. The summed E-state index contributed by atoms with van der Waals surface area (Å²) in [7, 11) is -3.04. The second-order valence-corrected chi connectivity index (χ2v) is 6.65. The van der Waals surface area contributed by atoms with Crippen LogP contribution in [0.1, 0.15) is 18.4 Å². The fourth-order valence-electron chi connectivity index (χ4n) is 2.35. The molecule has 4 heteroatoms. The van der Waals surface area contributed by atoms with Gasteiger partial charge in [0.15, 0.2) is 9.84 Å². The Kier molecular flexibility index (Phi) is 3.04. The summed E-state index contributed by atoms with van der Waals surface area (Å²) >= 11 is 0. The van der Waals surface area contributed by atoms with E-state index in [2.05, 4.69) is 0 Å². The molecule has 2 rings (SSSR count). The molecule has 1 aromatic rings. The molecule has 88 valence electrons. The van der Waals surface area contributed by atoms with Gasteiger partial charge in [0.2, 0.25) is 0 Å². The first-order valence-electron chi connectivity index (χ1n) is 5.49. The number of benzene rings is 1. The number of aliphatic hydroxyl groups is 1. The molecule has 3 atom stereocenters. The predicted octanol–water partition coefficient (Wildman–Crippen LogP) is 1.20. The van der Waals surface area contributed by atoms with E-state index >= 15 is 0 Å². The molecule has 1 aromatic carbocycles. The third-order valence-corrected chi connectivity index (χ3v) is 5.59. The van der Waals surface area contributed by atoms with Gasteiger partial charge in [-0.1, -0.05) is 37.3 Å². The molecule has 3 nitrogen and oxygen atoms in total. The van der Waals surface area contributed by atoms with Gasteiger partial charge in [0.25, 0.3) is 0 Å². The lowest BCUT2D eigenvalue weighted by molar-refractivity contribution is 0.274. The van der Waals surface area contributed by atoms with Crippen molar-refractivity contribution in [2.75, 3.05) is 12.4 Å². The van der Waals surface area contributed by atoms with Crippen LogP contribution in [-0.4, -0.2) is 31.1 Å². The molecule has 0 spiro atoms. The smallest absolute Gasteiger partial charge is 0.153 e. The van der Waals surface area contributed by atoms with Crippen LogP contribution in [0, 0.1) is 5.92 Å². The van der Waals surface area contributed by atoms with Gasteiger partial charge in [-0.15, -0.1) is 0 Å². The zero-order valence-corrected chi connectivity index (χ0v) is 10.0. The number of hydrogen-bond donors (Lipinski definition) is 1. The first kappa shape index (κ1) is 11.6. The number of aliphatic hydroxyl groups excluding tert-OH is 1. The van der Waals surface area contributed by atoms with E-state index in [1.807, 2.05) is 30.3 Å². The molecule has 0 bridgehead atoms. The lowest BCUT2D eigenvalue weighted by Crippen LogP contribution is -2.13. The van der Waals surface area contributed by atoms with Crippen molar-refractivity contribution in [2.45, 2.75) is 18.1 Å². The first-order valence-corrected chi connectivity index (χ1v) is 7.20. The molecule has 1 aliphatic carbocycles. The quantitative estimate of drug-likeness (QED) is 0.860. The lowest BCUT2D eigenvalue weighted by atomic mass is 10.1. The van der Waals surface area contributed by atoms with Crippen LogP contribution in [0.25, 0.3) is 0 Å². The third kappa shape index (κ3) is 1.87. The molecular formula is C12H16O3S. The first-order chi connectivity index (χ1) is 7.61. The van der Waals surface area contributed by atoms with Gasteiger partial charge in [-0.3, -0.25) is 0 Å². The maximum absolute atomic E-state index is 11.8. The van der Waals surface area contributed by atoms with Gasteiger partial charge in [-0.05, 0) is 5.56 Å². The summed E-state index contributed by atoms with van der Waals surface area (Å²) in [5.74, 6) is 0.0146. The van der Waals surface area contributed by atoms with Crippen LogP contribution in [0.5, 0.6) is 0 Å². The molecule has 0 aromatic heterocycles. The summed E-state index contributed by atoms with van der Waals surface area (Å²) in [6, 6.07) is 9.57. The normalized spacial score (nSPS) is 29.0. The molecule has 0 radical (unpaired) electrons. The average Bonchev–Trinajstić information content (AvgIpc) is 3.05. The van der Waals surface area contributed by atoms with E-state index in [0.717, 1.165) is 5.56 Å². The van der Waals surface area contributed by atoms with Crippen molar-refractivity contribution in [1.82, 2.24) is 0 Å². The summed E-state index contributed by atoms with van der Waals surface area (Å²) < 4.78 is 23.6. The van der Waals surface area contributed by atoms with E-state index in [1.165, 1.54) is 0 Å². The molecule has 0 unspecified atom stereocenters. The lowest BCUT2D eigenvalue weighted by Gasteiger charge is -1.99. The summed E-state index contributed by atoms with van der Waals surface area (Å²) in [4.78, 5) is 0. The number of rotatable bonds is 4. The van der Waals surface area contributed by atoms with Crippen molar-refractivity contribution in [2.24, 2.45) is 5.92 Å². The summed E-state index contributed by atoms with van der Waals surface area (Å²) in [6.45, 7) is 1.60. The standard InChI is InChI=1S/C12H16O3S/c1-2-16(14,15)12-10(8-13)11(12)9-6-4-3-5-7-9/h3-7,10-13H,2,8H2,1H3/t10-,11-,12-/m1/s1. The molecule has 1 saturated carbocycles. The van der Waals surface area contributed by atoms with Gasteiger partial charge in [0.05, 0.1) is 5.25 Å². The Morgan fingerprint density at radius 2 is 1.88 bits per heavy atom. The van der Waals surface area contributed by atoms with Gasteiger partial charge in [-0.2, -0.15) is 0 Å². The highest BCUT2D eigenvalue weighted by atomic mass is 32.2. The monoisotopic (exact) mass is 240 g/mol. The van der Waals surface area contributed by atoms with E-state index in [0.29, 0.717) is 0 Å². The molecule has 1 aliphatic rings. The van der Waals surface area contributed by atoms with Crippen LogP contribution in [0.2, 0.25) is 0 Å². The van der Waals surface area contributed by atoms with Gasteiger partial charge in [0.1, 0.15) is 0 Å². The van der Waals surface area contributed by atoms with E-state index in [1.54, 1.807) is 6.92 Å². The van der Waals surface area contributed by atoms with E-state index < -0.39 is 9.84 Å². The van der Waals surface area contributed by atoms with Crippen molar-refractivity contribution in [1.29, 1.82) is 0 Å². The van der Waals surface area contributed by atoms with Crippen molar-refractivity contribution in [3.63, 3.8) is 0 Å². The molecule has 0 saturated heterocycles. The Morgan fingerprint density at radius 3 is 2.38 bits per heavy atom. The van der Waals surface area contributed by atoms with Crippen molar-refractivity contribution >= 4 is 9.84 Å². The van der Waals surface area contributed by atoms with Crippen LogP contribution in [0.4, 0.5) is 0 Å². The Hall–Kier alpha value is -0.870. The molecule has 0 heterocycles. The molecule has 0 aliphatic heterocycles. The molecular weight excluding hydrogens is 224 g/mol. The molecule has 0 amide bonds. The minimum Gasteiger partial charge on any atom is -0.396 e. The number of hydrogen-bond acceptors (Lipinski definition) is 3. The highest BCUT2D eigenvalue weighted by Gasteiger charge is 2.57. The Labute approximate surface area is 96.0 Å². The minimum atomic E-state index is -3.04. The highest BCUT2D eigenvalue weighted by molar-refractivity contribution is 7.92. The van der Waals surface area contributed by atoms with Crippen LogP contribution in [0.3, 0.4) is 0 Å². The van der Waals surface area contributed by atoms with E-state index in [-0.39, 0.29) is 29.4 Å². The number of sulfone groups is 1. The van der Waals surface area contributed by atoms with Crippen LogP contribution >= 0.6 is 0 Å². The Bertz CT molecular complexity index is 452. The topological polar surface area (TPSA) is 54.4 Å². The maximum atomic E-state index is 11.8. The second-order valence-electron chi connectivity index (χ2n) is 4.20. The minimum absolute atomic E-state index is 0.0175. The molecule has 16 heavy (non-hydrogen) atoms.